The summed E-state index contributed by atoms with van der Waals surface area (Å²) in [6.45, 7) is 0. The smallest absolute Gasteiger partial charge is 0.0266 e. The minimum absolute atomic E-state index is 0.946. The van der Waals surface area contributed by atoms with Crippen LogP contribution in [0.15, 0.2) is 11.6 Å². The van der Waals surface area contributed by atoms with Gasteiger partial charge in [-0.05, 0) is 56.3 Å². The van der Waals surface area contributed by atoms with Crippen molar-refractivity contribution in [3.05, 3.63) is 11.6 Å². The van der Waals surface area contributed by atoms with Crippen molar-refractivity contribution in [2.24, 2.45) is 11.3 Å². The van der Waals surface area contributed by atoms with Crippen LogP contribution < -0.4 is 0 Å². The molecule has 0 N–H and O–H groups in total. The van der Waals surface area contributed by atoms with E-state index in [0.29, 0.717) is 0 Å². The van der Waals surface area contributed by atoms with E-state index in [1.165, 1.54) is 25.7 Å². The van der Waals surface area contributed by atoms with Gasteiger partial charge in [-0.15, -0.1) is 0 Å². The van der Waals surface area contributed by atoms with Crippen molar-refractivity contribution >= 4 is 0 Å². The van der Waals surface area contributed by atoms with Gasteiger partial charge in [0.2, 0.25) is 0 Å². The summed E-state index contributed by atoms with van der Waals surface area (Å²) in [6.07, 6.45) is 12.9. The fourth-order valence-corrected chi connectivity index (χ4v) is 2.38. The van der Waals surface area contributed by atoms with Gasteiger partial charge in [-0.3, -0.25) is 0 Å². The summed E-state index contributed by atoms with van der Waals surface area (Å²) in [6, 6.07) is 0. The summed E-state index contributed by atoms with van der Waals surface area (Å²) in [5, 5.41) is 0. The average Bonchev–Trinajstić information content (AvgIpc) is 2.86. The van der Waals surface area contributed by atoms with Crippen molar-refractivity contribution in [2.45, 2.75) is 44.9 Å². The Balaban J connectivity index is 1.43. The van der Waals surface area contributed by atoms with E-state index in [4.69, 9.17) is 0 Å². The maximum atomic E-state index is 2.49. The Hall–Kier alpha value is -0.260. The molecule has 3 saturated carbocycles. The lowest BCUT2D eigenvalue weighted by Crippen LogP contribution is -1.78. The molecule has 60 valence electrons. The van der Waals surface area contributed by atoms with Crippen molar-refractivity contribution in [1.82, 2.24) is 0 Å². The molecular weight excluding hydrogens is 132 g/mol. The molecule has 0 heterocycles. The normalized spacial score (nSPS) is 35.6. The number of hydrogen-bond donors (Lipinski definition) is 0. The first-order valence-electron chi connectivity index (χ1n) is 5.07. The fraction of sp³-hybridized carbons (Fsp3) is 0.818. The fourth-order valence-electron chi connectivity index (χ4n) is 2.38. The lowest BCUT2D eigenvalue weighted by molar-refractivity contribution is 0.651. The van der Waals surface area contributed by atoms with Crippen LogP contribution in [-0.2, 0) is 0 Å². The van der Waals surface area contributed by atoms with E-state index in [2.05, 4.69) is 6.08 Å². The van der Waals surface area contributed by atoms with Crippen LogP contribution in [-0.4, -0.2) is 0 Å². The second kappa shape index (κ2) is 1.91. The van der Waals surface area contributed by atoms with E-state index >= 15 is 0 Å². The van der Waals surface area contributed by atoms with Gasteiger partial charge in [0.05, 0.1) is 0 Å². The predicted octanol–water partition coefficient (Wildman–Crippen LogP) is 3.29. The molecule has 0 heteroatoms. The van der Waals surface area contributed by atoms with Crippen LogP contribution >= 0.6 is 0 Å². The zero-order chi connectivity index (χ0) is 7.31. The summed E-state index contributed by atoms with van der Waals surface area (Å²) in [5.74, 6) is 1.15. The molecule has 3 rings (SSSR count). The van der Waals surface area contributed by atoms with Crippen LogP contribution in [0.4, 0.5) is 0 Å². The number of allylic oxidation sites excluding steroid dienone is 2. The molecule has 1 atom stereocenters. The molecule has 0 aromatic rings. The Kier molecular flexibility index (Phi) is 1.09. The van der Waals surface area contributed by atoms with Crippen molar-refractivity contribution in [2.75, 3.05) is 0 Å². The highest BCUT2D eigenvalue weighted by Gasteiger charge is 2.61. The highest BCUT2D eigenvalue weighted by Crippen LogP contribution is 2.71. The SMILES string of the molecule is C(CCC1CC12CC2)=C1CC1. The first-order valence-corrected chi connectivity index (χ1v) is 5.07. The Bertz CT molecular complexity index is 202. The summed E-state index contributed by atoms with van der Waals surface area (Å²) in [4.78, 5) is 0. The maximum absolute atomic E-state index is 2.49. The standard InChI is InChI=1S/C11H16/c1(2-9-4-5-9)3-10-8-11(10)6-7-11/h2,10H,1,3-8H2. The highest BCUT2D eigenvalue weighted by atomic mass is 14.7. The quantitative estimate of drug-likeness (QED) is 0.539. The second-order valence-corrected chi connectivity index (χ2v) is 4.70. The third-order valence-electron chi connectivity index (χ3n) is 3.74. The highest BCUT2D eigenvalue weighted by molar-refractivity contribution is 5.17. The third kappa shape index (κ3) is 1.13. The van der Waals surface area contributed by atoms with E-state index in [-0.39, 0.29) is 0 Å². The monoisotopic (exact) mass is 148 g/mol. The van der Waals surface area contributed by atoms with Gasteiger partial charge < -0.3 is 0 Å². The van der Waals surface area contributed by atoms with Gasteiger partial charge >= 0.3 is 0 Å². The van der Waals surface area contributed by atoms with E-state index in [9.17, 15) is 0 Å². The molecule has 0 radical (unpaired) electrons. The molecule has 3 aliphatic carbocycles. The first-order chi connectivity index (χ1) is 5.39. The summed E-state index contributed by atoms with van der Waals surface area (Å²) >= 11 is 0. The van der Waals surface area contributed by atoms with Gasteiger partial charge in [-0.1, -0.05) is 11.6 Å². The van der Waals surface area contributed by atoms with Crippen LogP contribution in [0.2, 0.25) is 0 Å². The Morgan fingerprint density at radius 3 is 2.73 bits per heavy atom. The molecule has 0 aliphatic heterocycles. The lowest BCUT2D eigenvalue weighted by Gasteiger charge is -1.91. The van der Waals surface area contributed by atoms with Crippen LogP contribution in [0.25, 0.3) is 0 Å². The molecule has 11 heavy (non-hydrogen) atoms. The Morgan fingerprint density at radius 1 is 1.36 bits per heavy atom. The molecule has 0 aromatic heterocycles. The van der Waals surface area contributed by atoms with Crippen LogP contribution in [0.1, 0.15) is 44.9 Å². The molecule has 0 bridgehead atoms. The number of rotatable bonds is 3. The van der Waals surface area contributed by atoms with Gasteiger partial charge in [0, 0.05) is 0 Å². The van der Waals surface area contributed by atoms with Crippen LogP contribution in [0, 0.1) is 11.3 Å². The molecule has 1 spiro atoms. The molecule has 3 aliphatic rings. The molecule has 0 saturated heterocycles. The van der Waals surface area contributed by atoms with Gasteiger partial charge in [0.25, 0.3) is 0 Å². The average molecular weight is 148 g/mol. The Labute approximate surface area is 68.7 Å². The van der Waals surface area contributed by atoms with Crippen molar-refractivity contribution < 1.29 is 0 Å². The topological polar surface area (TPSA) is 0 Å². The van der Waals surface area contributed by atoms with Crippen molar-refractivity contribution in [1.29, 1.82) is 0 Å². The predicted molar refractivity (Wildman–Crippen MR) is 46.3 cm³/mol. The summed E-state index contributed by atoms with van der Waals surface area (Å²) in [7, 11) is 0. The molecule has 0 nitrogen and oxygen atoms in total. The molecule has 1 unspecified atom stereocenters. The minimum atomic E-state index is 0.946. The van der Waals surface area contributed by atoms with Gasteiger partial charge in [-0.25, -0.2) is 0 Å². The summed E-state index contributed by atoms with van der Waals surface area (Å²) < 4.78 is 0. The van der Waals surface area contributed by atoms with Gasteiger partial charge in [-0.2, -0.15) is 0 Å². The van der Waals surface area contributed by atoms with E-state index in [1.807, 2.05) is 0 Å². The second-order valence-electron chi connectivity index (χ2n) is 4.70. The van der Waals surface area contributed by atoms with Gasteiger partial charge in [0.15, 0.2) is 0 Å². The van der Waals surface area contributed by atoms with Gasteiger partial charge in [0.1, 0.15) is 0 Å². The van der Waals surface area contributed by atoms with Crippen LogP contribution in [0.3, 0.4) is 0 Å². The van der Waals surface area contributed by atoms with Crippen LogP contribution in [0.5, 0.6) is 0 Å². The molecular formula is C11H16. The van der Waals surface area contributed by atoms with E-state index in [0.717, 1.165) is 11.3 Å². The lowest BCUT2D eigenvalue weighted by atomic mass is 10.1. The van der Waals surface area contributed by atoms with E-state index in [1.54, 1.807) is 24.8 Å². The largest absolute Gasteiger partial charge is 0.0853 e. The number of hydrogen-bond acceptors (Lipinski definition) is 0. The summed E-state index contributed by atoms with van der Waals surface area (Å²) in [5.41, 5.74) is 2.68. The maximum Gasteiger partial charge on any atom is -0.0266 e. The first kappa shape index (κ1) is 6.28. The minimum Gasteiger partial charge on any atom is -0.0853 e. The van der Waals surface area contributed by atoms with Crippen molar-refractivity contribution in [3.63, 3.8) is 0 Å². The van der Waals surface area contributed by atoms with E-state index < -0.39 is 0 Å². The zero-order valence-electron chi connectivity index (χ0n) is 7.10. The molecule has 3 fully saturated rings. The zero-order valence-corrected chi connectivity index (χ0v) is 7.10. The third-order valence-corrected chi connectivity index (χ3v) is 3.74. The van der Waals surface area contributed by atoms with Crippen molar-refractivity contribution in [3.8, 4) is 0 Å². The Morgan fingerprint density at radius 2 is 2.18 bits per heavy atom. The molecule has 0 amide bonds. The molecule has 0 aromatic carbocycles.